The van der Waals surface area contributed by atoms with Crippen LogP contribution in [-0.4, -0.2) is 68.1 Å². The van der Waals surface area contributed by atoms with Gasteiger partial charge in [0, 0.05) is 48.4 Å². The molecule has 2 saturated heterocycles. The molecule has 8 rings (SSSR count). The van der Waals surface area contributed by atoms with Gasteiger partial charge in [0.15, 0.2) is 0 Å². The van der Waals surface area contributed by atoms with Crippen molar-refractivity contribution in [3.63, 3.8) is 0 Å². The van der Waals surface area contributed by atoms with Gasteiger partial charge in [-0.2, -0.15) is 28.4 Å². The minimum atomic E-state index is -4.45. The van der Waals surface area contributed by atoms with Crippen LogP contribution >= 0.6 is 0 Å². The summed E-state index contributed by atoms with van der Waals surface area (Å²) in [5.74, 6) is 0.261. The fraction of sp³-hybridized carbons (Fsp3) is 0.262. The molecule has 0 spiro atoms. The van der Waals surface area contributed by atoms with E-state index in [1.54, 1.807) is 58.3 Å². The molecular formula is C42H34F5N7O4. The lowest BCUT2D eigenvalue weighted by atomic mass is 9.97. The molecule has 58 heavy (non-hydrogen) atoms. The van der Waals surface area contributed by atoms with Gasteiger partial charge in [0.25, 0.3) is 11.8 Å². The van der Waals surface area contributed by atoms with E-state index >= 15 is 0 Å². The van der Waals surface area contributed by atoms with Crippen LogP contribution in [0.15, 0.2) is 106 Å². The molecular weight excluding hydrogens is 761 g/mol. The summed E-state index contributed by atoms with van der Waals surface area (Å²) in [4.78, 5) is 37.7. The first-order valence-electron chi connectivity index (χ1n) is 18.4. The van der Waals surface area contributed by atoms with Gasteiger partial charge in [-0.05, 0) is 123 Å². The number of aromatic nitrogens is 4. The van der Waals surface area contributed by atoms with Crippen molar-refractivity contribution in [2.24, 2.45) is 0 Å². The molecule has 4 aromatic carbocycles. The summed E-state index contributed by atoms with van der Waals surface area (Å²) in [5, 5.41) is 16.8. The van der Waals surface area contributed by atoms with Crippen LogP contribution in [0.3, 0.4) is 0 Å². The highest BCUT2D eigenvalue weighted by molar-refractivity contribution is 5.95. The molecule has 0 unspecified atom stereocenters. The average Bonchev–Trinajstić information content (AvgIpc) is 3.96. The molecule has 6 aromatic rings. The number of rotatable bonds is 6. The predicted octanol–water partition coefficient (Wildman–Crippen LogP) is 8.68. The highest BCUT2D eigenvalue weighted by Gasteiger charge is 2.33. The molecule has 11 nitrogen and oxygen atoms in total. The lowest BCUT2D eigenvalue weighted by molar-refractivity contribution is -0.137. The molecule has 0 radical (unpaired) electrons. The van der Waals surface area contributed by atoms with E-state index in [1.165, 1.54) is 36.4 Å². The first kappa shape index (κ1) is 39.5. The average molecular weight is 796 g/mol. The maximum absolute atomic E-state index is 13.1. The molecule has 0 saturated carbocycles. The van der Waals surface area contributed by atoms with Crippen LogP contribution in [-0.2, 0) is 6.18 Å². The number of carbonyl (C=O) groups excluding carboxylic acids is 2. The quantitative estimate of drug-likeness (QED) is 0.151. The number of likely N-dealkylation sites (tertiary alicyclic amines) is 2. The molecule has 2 atom stereocenters. The Hall–Kier alpha value is -6.76. The van der Waals surface area contributed by atoms with E-state index in [0.717, 1.165) is 31.4 Å². The van der Waals surface area contributed by atoms with Gasteiger partial charge in [-0.3, -0.25) is 9.59 Å². The third kappa shape index (κ3) is 9.26. The van der Waals surface area contributed by atoms with Crippen LogP contribution in [0.1, 0.15) is 81.1 Å². The molecule has 2 amide bonds. The number of nitrogens with zero attached hydrogens (tertiary/aromatic N) is 7. The zero-order valence-electron chi connectivity index (χ0n) is 30.7. The molecule has 4 heterocycles. The summed E-state index contributed by atoms with van der Waals surface area (Å²) in [7, 11) is 0. The van der Waals surface area contributed by atoms with Crippen LogP contribution in [0, 0.1) is 23.0 Å². The van der Waals surface area contributed by atoms with E-state index in [9.17, 15) is 31.5 Å². The zero-order valence-corrected chi connectivity index (χ0v) is 30.7. The first-order valence-corrected chi connectivity index (χ1v) is 18.4. The molecule has 2 aliphatic rings. The molecule has 2 aromatic heterocycles. The number of halogens is 5. The normalized spacial score (nSPS) is 16.9. The number of piperidine rings is 2. The summed E-state index contributed by atoms with van der Waals surface area (Å²) < 4.78 is 75.1. The number of hydrogen-bond donors (Lipinski definition) is 0. The van der Waals surface area contributed by atoms with Crippen LogP contribution in [0.25, 0.3) is 22.8 Å². The van der Waals surface area contributed by atoms with Gasteiger partial charge >= 0.3 is 6.18 Å². The van der Waals surface area contributed by atoms with Gasteiger partial charge in [0.1, 0.15) is 11.6 Å². The van der Waals surface area contributed by atoms with Crippen molar-refractivity contribution >= 4 is 11.8 Å². The van der Waals surface area contributed by atoms with E-state index in [0.29, 0.717) is 78.3 Å². The Labute approximate surface area is 328 Å². The zero-order chi connectivity index (χ0) is 40.8. The maximum atomic E-state index is 13.1. The SMILES string of the molecule is N#Cc1ccc(C(=O)N2CCC[C@H](c3nc(-c4ccc(F)cc4)no3)C2)cc1.O=C(c1ccc(C(F)(F)F)cc1)N1CCC[C@H](c2nc(-c3ccc(F)cc3)no2)C1. The molecule has 16 heteroatoms. The van der Waals surface area contributed by atoms with Crippen LogP contribution in [0.2, 0.25) is 0 Å². The van der Waals surface area contributed by atoms with Crippen molar-refractivity contribution < 1.29 is 40.6 Å². The lowest BCUT2D eigenvalue weighted by Crippen LogP contribution is -2.39. The summed E-state index contributed by atoms with van der Waals surface area (Å²) in [6.07, 6.45) is -1.33. The number of nitriles is 1. The molecule has 0 bridgehead atoms. The number of hydrogen-bond acceptors (Lipinski definition) is 9. The first-order chi connectivity index (χ1) is 27.9. The minimum absolute atomic E-state index is 0.0437. The van der Waals surface area contributed by atoms with Gasteiger partial charge in [0.2, 0.25) is 23.4 Å². The van der Waals surface area contributed by atoms with Gasteiger partial charge in [-0.1, -0.05) is 10.3 Å². The highest BCUT2D eigenvalue weighted by Crippen LogP contribution is 2.32. The Morgan fingerprint density at radius 2 is 1.05 bits per heavy atom. The number of amides is 2. The summed E-state index contributed by atoms with van der Waals surface area (Å²) in [6.45, 7) is 1.97. The number of carbonyl (C=O) groups is 2. The van der Waals surface area contributed by atoms with Gasteiger partial charge in [-0.15, -0.1) is 0 Å². The number of alkyl halides is 3. The molecule has 2 aliphatic heterocycles. The Balaban J connectivity index is 0.000000177. The minimum Gasteiger partial charge on any atom is -0.339 e. The lowest BCUT2D eigenvalue weighted by Gasteiger charge is -2.31. The molecule has 296 valence electrons. The molecule has 0 aliphatic carbocycles. The Morgan fingerprint density at radius 1 is 0.638 bits per heavy atom. The highest BCUT2D eigenvalue weighted by atomic mass is 19.4. The monoisotopic (exact) mass is 795 g/mol. The third-order valence-corrected chi connectivity index (χ3v) is 9.92. The second-order valence-corrected chi connectivity index (χ2v) is 13.9. The van der Waals surface area contributed by atoms with E-state index < -0.39 is 11.7 Å². The van der Waals surface area contributed by atoms with Crippen LogP contribution < -0.4 is 0 Å². The van der Waals surface area contributed by atoms with E-state index in [1.807, 2.05) is 6.07 Å². The smallest absolute Gasteiger partial charge is 0.339 e. The summed E-state index contributed by atoms with van der Waals surface area (Å²) in [5.41, 5.74) is 1.76. The Kier molecular flexibility index (Phi) is 11.7. The van der Waals surface area contributed by atoms with Crippen LogP contribution in [0.5, 0.6) is 0 Å². The fourth-order valence-electron chi connectivity index (χ4n) is 6.82. The van der Waals surface area contributed by atoms with Crippen molar-refractivity contribution in [1.29, 1.82) is 5.26 Å². The van der Waals surface area contributed by atoms with E-state index in [2.05, 4.69) is 20.3 Å². The van der Waals surface area contributed by atoms with Crippen molar-refractivity contribution in [3.05, 3.63) is 143 Å². The fourth-order valence-corrected chi connectivity index (χ4v) is 6.82. The summed E-state index contributed by atoms with van der Waals surface area (Å²) >= 11 is 0. The van der Waals surface area contributed by atoms with Crippen molar-refractivity contribution in [2.75, 3.05) is 26.2 Å². The Morgan fingerprint density at radius 3 is 1.45 bits per heavy atom. The van der Waals surface area contributed by atoms with Gasteiger partial charge in [-0.25, -0.2) is 8.78 Å². The second-order valence-electron chi connectivity index (χ2n) is 13.9. The Bertz CT molecular complexity index is 2390. The van der Waals surface area contributed by atoms with Crippen molar-refractivity contribution in [2.45, 2.75) is 43.7 Å². The predicted molar refractivity (Wildman–Crippen MR) is 198 cm³/mol. The summed E-state index contributed by atoms with van der Waals surface area (Å²) in [6, 6.07) is 24.5. The van der Waals surface area contributed by atoms with E-state index in [-0.39, 0.29) is 40.8 Å². The maximum Gasteiger partial charge on any atom is 0.416 e. The third-order valence-electron chi connectivity index (χ3n) is 9.92. The largest absolute Gasteiger partial charge is 0.416 e. The second kappa shape index (κ2) is 17.2. The van der Waals surface area contributed by atoms with E-state index in [4.69, 9.17) is 14.3 Å². The topological polar surface area (TPSA) is 142 Å². The van der Waals surface area contributed by atoms with Crippen LogP contribution in [0.4, 0.5) is 22.0 Å². The standard InChI is InChI=1S/C21H17F4N3O2.C21H17FN4O2/c22-17-9-5-13(6-10-17)18-26-19(30-27-18)15-2-1-11-28(12-15)20(29)14-3-7-16(8-4-14)21(23,24)25;22-18-9-7-15(8-10-18)19-24-20(28-25-19)17-2-1-11-26(13-17)21(27)16-5-3-14(12-23)4-6-16/h3-10,15H,1-2,11-12H2;3-10,17H,1-2,11,13H2/t15-;17-/m00/s1. The van der Waals surface area contributed by atoms with Crippen molar-refractivity contribution in [3.8, 4) is 28.8 Å². The van der Waals surface area contributed by atoms with Gasteiger partial charge < -0.3 is 18.8 Å². The van der Waals surface area contributed by atoms with Crippen molar-refractivity contribution in [1.82, 2.24) is 30.1 Å². The molecule has 2 fully saturated rings. The molecule has 0 N–H and O–H groups in total. The number of benzene rings is 4. The van der Waals surface area contributed by atoms with Gasteiger partial charge in [0.05, 0.1) is 29.0 Å².